The zero-order chi connectivity index (χ0) is 21.2. The molecule has 1 aromatic carbocycles. The van der Waals surface area contributed by atoms with Crippen molar-refractivity contribution >= 4 is 24.4 Å². The summed E-state index contributed by atoms with van der Waals surface area (Å²) < 4.78 is 38.1. The zero-order valence-corrected chi connectivity index (χ0v) is 19.3. The summed E-state index contributed by atoms with van der Waals surface area (Å²) >= 11 is 0. The lowest BCUT2D eigenvalue weighted by atomic mass is 10.1. The van der Waals surface area contributed by atoms with Gasteiger partial charge in [-0.1, -0.05) is 50.6 Å². The number of carbonyl (C=O) groups excluding carboxylic acids is 1. The van der Waals surface area contributed by atoms with Crippen LogP contribution < -0.4 is 4.72 Å². The number of ether oxygens (including phenoxy) is 1. The Labute approximate surface area is 169 Å². The second-order valence-corrected chi connectivity index (χ2v) is 15.2. The molecule has 6 nitrogen and oxygen atoms in total. The van der Waals surface area contributed by atoms with E-state index in [4.69, 9.17) is 9.16 Å². The van der Waals surface area contributed by atoms with Gasteiger partial charge in [-0.25, -0.2) is 17.9 Å². The van der Waals surface area contributed by atoms with Crippen molar-refractivity contribution in [2.24, 2.45) is 5.92 Å². The highest BCUT2D eigenvalue weighted by Gasteiger charge is 2.41. The molecule has 1 N–H and O–H groups in total. The third kappa shape index (κ3) is 5.68. The van der Waals surface area contributed by atoms with Crippen LogP contribution in [-0.2, 0) is 19.2 Å². The third-order valence-corrected chi connectivity index (χ3v) is 11.3. The van der Waals surface area contributed by atoms with Gasteiger partial charge in [-0.15, -0.1) is 0 Å². The molecule has 0 saturated heterocycles. The predicted molar refractivity (Wildman–Crippen MR) is 112 cm³/mol. The van der Waals surface area contributed by atoms with E-state index in [-0.39, 0.29) is 28.6 Å². The molecule has 0 spiro atoms. The van der Waals surface area contributed by atoms with Crippen molar-refractivity contribution in [2.75, 3.05) is 6.61 Å². The van der Waals surface area contributed by atoms with Crippen LogP contribution in [-0.4, -0.2) is 35.5 Å². The van der Waals surface area contributed by atoms with E-state index in [1.165, 1.54) is 12.1 Å². The van der Waals surface area contributed by atoms with E-state index in [2.05, 4.69) is 33.9 Å². The molecule has 1 aliphatic rings. The van der Waals surface area contributed by atoms with Crippen molar-refractivity contribution in [3.63, 3.8) is 0 Å². The monoisotopic (exact) mass is 425 g/mol. The molecule has 1 aliphatic carbocycles. The van der Waals surface area contributed by atoms with E-state index in [1.807, 2.05) is 23.8 Å². The Morgan fingerprint density at radius 2 is 1.82 bits per heavy atom. The predicted octanol–water partition coefficient (Wildman–Crippen LogP) is 4.38. The van der Waals surface area contributed by atoms with E-state index in [9.17, 15) is 13.2 Å². The summed E-state index contributed by atoms with van der Waals surface area (Å²) in [6.45, 7) is 12.8. The van der Waals surface area contributed by atoms with Gasteiger partial charge in [0.15, 0.2) is 8.32 Å². The van der Waals surface area contributed by atoms with E-state index < -0.39 is 24.4 Å². The lowest BCUT2D eigenvalue weighted by molar-refractivity contribution is 0.0897. The molecule has 0 fully saturated rings. The summed E-state index contributed by atoms with van der Waals surface area (Å²) in [7, 11) is -5.90. The number of nitrogens with one attached hydrogen (secondary N) is 1. The smallest absolute Gasteiger partial charge is 0.421 e. The molecule has 2 atom stereocenters. The van der Waals surface area contributed by atoms with Crippen molar-refractivity contribution < 1.29 is 22.4 Å². The molecule has 0 bridgehead atoms. The van der Waals surface area contributed by atoms with Gasteiger partial charge in [0.05, 0.1) is 11.0 Å². The molecule has 1 amide bonds. The fourth-order valence-corrected chi connectivity index (χ4v) is 4.90. The standard InChI is InChI=1S/C20H31NO5SSi/c1-15-10-12-17(13-11-15)27(23,24)21-19(22)25-14-16-8-7-9-18(16)26-28(5,6)20(2,3)4/h7-8,10-13,16,18H,9,14H2,1-6H3,(H,21,22)/t16-,18-/m0/s1. The molecule has 156 valence electrons. The van der Waals surface area contributed by atoms with Gasteiger partial charge in [-0.3, -0.25) is 0 Å². The minimum Gasteiger partial charge on any atom is -0.448 e. The van der Waals surface area contributed by atoms with Crippen LogP contribution in [0.3, 0.4) is 0 Å². The van der Waals surface area contributed by atoms with Crippen LogP contribution in [0, 0.1) is 12.8 Å². The summed E-state index contributed by atoms with van der Waals surface area (Å²) in [4.78, 5) is 12.1. The van der Waals surface area contributed by atoms with Crippen LogP contribution in [0.1, 0.15) is 32.8 Å². The van der Waals surface area contributed by atoms with Gasteiger partial charge in [-0.05, 0) is 43.6 Å². The number of amides is 1. The summed E-state index contributed by atoms with van der Waals surface area (Å²) in [5, 5.41) is 0.0838. The van der Waals surface area contributed by atoms with Gasteiger partial charge in [-0.2, -0.15) is 0 Å². The Morgan fingerprint density at radius 1 is 1.21 bits per heavy atom. The largest absolute Gasteiger partial charge is 0.448 e. The molecule has 0 radical (unpaired) electrons. The number of sulfonamides is 1. The Bertz CT molecular complexity index is 825. The van der Waals surface area contributed by atoms with Crippen LogP contribution in [0.25, 0.3) is 0 Å². The quantitative estimate of drug-likeness (QED) is 0.540. The van der Waals surface area contributed by atoms with E-state index in [1.54, 1.807) is 12.1 Å². The molecule has 2 rings (SSSR count). The third-order valence-electron chi connectivity index (χ3n) is 5.44. The first-order valence-corrected chi connectivity index (χ1v) is 13.8. The van der Waals surface area contributed by atoms with Crippen LogP contribution >= 0.6 is 0 Å². The number of carbonyl (C=O) groups is 1. The summed E-state index contributed by atoms with van der Waals surface area (Å²) in [6.07, 6.45) is 3.73. The molecular formula is C20H31NO5SSi. The van der Waals surface area contributed by atoms with Crippen molar-refractivity contribution in [1.29, 1.82) is 0 Å². The van der Waals surface area contributed by atoms with Gasteiger partial charge >= 0.3 is 6.09 Å². The Morgan fingerprint density at radius 3 is 2.39 bits per heavy atom. The Kier molecular flexibility index (Phi) is 6.78. The molecule has 0 heterocycles. The minimum absolute atomic E-state index is 0.0231. The average molecular weight is 426 g/mol. The second kappa shape index (κ2) is 8.38. The lowest BCUT2D eigenvalue weighted by Crippen LogP contribution is -2.45. The first kappa shape index (κ1) is 22.6. The normalized spacial score (nSPS) is 20.2. The number of rotatable bonds is 6. The maximum Gasteiger partial charge on any atom is 0.421 e. The summed E-state index contributed by atoms with van der Waals surface area (Å²) in [5.74, 6) is -0.0815. The fraction of sp³-hybridized carbons (Fsp3) is 0.550. The van der Waals surface area contributed by atoms with Crippen LogP contribution in [0.2, 0.25) is 18.1 Å². The maximum absolute atomic E-state index is 12.3. The topological polar surface area (TPSA) is 81.7 Å². The first-order valence-electron chi connectivity index (χ1n) is 9.42. The van der Waals surface area contributed by atoms with Crippen molar-refractivity contribution in [3.05, 3.63) is 42.0 Å². The van der Waals surface area contributed by atoms with E-state index in [0.29, 0.717) is 0 Å². The highest BCUT2D eigenvalue weighted by Crippen LogP contribution is 2.39. The molecule has 0 saturated carbocycles. The van der Waals surface area contributed by atoms with Gasteiger partial charge in [0, 0.05) is 5.92 Å². The SMILES string of the molecule is Cc1ccc(S(=O)(=O)NC(=O)OC[C@@H]2C=CC[C@@H]2O[Si](C)(C)C(C)(C)C)cc1. The van der Waals surface area contributed by atoms with Gasteiger partial charge in [0.2, 0.25) is 0 Å². The Hall–Kier alpha value is -1.64. The summed E-state index contributed by atoms with van der Waals surface area (Å²) in [6, 6.07) is 6.25. The molecule has 8 heteroatoms. The highest BCUT2D eigenvalue weighted by atomic mass is 32.2. The number of aryl methyl sites for hydroxylation is 1. The van der Waals surface area contributed by atoms with Gasteiger partial charge in [0.1, 0.15) is 6.61 Å². The lowest BCUT2D eigenvalue weighted by Gasteiger charge is -2.39. The Balaban J connectivity index is 1.92. The average Bonchev–Trinajstić information content (AvgIpc) is 2.98. The molecule has 0 aromatic heterocycles. The molecule has 0 unspecified atom stereocenters. The first-order chi connectivity index (χ1) is 12.8. The van der Waals surface area contributed by atoms with Crippen molar-refractivity contribution in [1.82, 2.24) is 4.72 Å². The van der Waals surface area contributed by atoms with E-state index in [0.717, 1.165) is 12.0 Å². The second-order valence-electron chi connectivity index (χ2n) is 8.76. The number of benzene rings is 1. The van der Waals surface area contributed by atoms with E-state index >= 15 is 0 Å². The van der Waals surface area contributed by atoms with Crippen molar-refractivity contribution in [2.45, 2.75) is 63.2 Å². The molecule has 1 aromatic rings. The van der Waals surface area contributed by atoms with Gasteiger partial charge in [0.25, 0.3) is 10.0 Å². The molecular weight excluding hydrogens is 394 g/mol. The van der Waals surface area contributed by atoms with Crippen molar-refractivity contribution in [3.8, 4) is 0 Å². The van der Waals surface area contributed by atoms with Crippen LogP contribution in [0.5, 0.6) is 0 Å². The zero-order valence-electron chi connectivity index (χ0n) is 17.5. The van der Waals surface area contributed by atoms with Crippen LogP contribution in [0.4, 0.5) is 4.79 Å². The molecule has 28 heavy (non-hydrogen) atoms. The molecule has 0 aliphatic heterocycles. The fourth-order valence-electron chi connectivity index (χ4n) is 2.63. The maximum atomic E-state index is 12.3. The number of hydrogen-bond acceptors (Lipinski definition) is 5. The summed E-state index contributed by atoms with van der Waals surface area (Å²) in [5.41, 5.74) is 0.933. The minimum atomic E-state index is -3.95. The van der Waals surface area contributed by atoms with Gasteiger partial charge < -0.3 is 9.16 Å². The van der Waals surface area contributed by atoms with Crippen LogP contribution in [0.15, 0.2) is 41.3 Å². The number of hydrogen-bond donors (Lipinski definition) is 1. The highest BCUT2D eigenvalue weighted by molar-refractivity contribution is 7.90.